The van der Waals surface area contributed by atoms with Gasteiger partial charge in [-0.15, -0.1) is 0 Å². The van der Waals surface area contributed by atoms with Crippen molar-refractivity contribution >= 4 is 5.91 Å². The molecule has 1 unspecified atom stereocenters. The van der Waals surface area contributed by atoms with Gasteiger partial charge in [0.1, 0.15) is 0 Å². The molecule has 3 N–H and O–H groups in total. The predicted octanol–water partition coefficient (Wildman–Crippen LogP) is 1.45. The Bertz CT molecular complexity index is 572. The smallest absolute Gasteiger partial charge is 0.253 e. The van der Waals surface area contributed by atoms with Crippen molar-refractivity contribution in [2.24, 2.45) is 5.41 Å². The number of aliphatic hydroxyl groups is 2. The number of benzene rings is 1. The lowest BCUT2D eigenvalue weighted by Crippen LogP contribution is -2.25. The SMILES string of the molecule is CC(C)(O)c1ccc2c(c1)C(=O)NC2OCC1(CO)CC1. The summed E-state index contributed by atoms with van der Waals surface area (Å²) in [5, 5.41) is 22.1. The Morgan fingerprint density at radius 2 is 2.14 bits per heavy atom. The fourth-order valence-electron chi connectivity index (χ4n) is 2.55. The van der Waals surface area contributed by atoms with Crippen LogP contribution in [0.3, 0.4) is 0 Å². The lowest BCUT2D eigenvalue weighted by Gasteiger charge is -2.20. The van der Waals surface area contributed by atoms with Crippen LogP contribution in [0.25, 0.3) is 0 Å². The second-order valence-corrected chi connectivity index (χ2v) is 6.68. The van der Waals surface area contributed by atoms with Gasteiger partial charge in [-0.25, -0.2) is 0 Å². The normalized spacial score (nSPS) is 22.9. The highest BCUT2D eigenvalue weighted by atomic mass is 16.5. The van der Waals surface area contributed by atoms with Gasteiger partial charge in [-0.3, -0.25) is 4.79 Å². The molecule has 0 radical (unpaired) electrons. The number of amides is 1. The Morgan fingerprint density at radius 1 is 1.43 bits per heavy atom. The Morgan fingerprint density at radius 3 is 2.71 bits per heavy atom. The van der Waals surface area contributed by atoms with Gasteiger partial charge >= 0.3 is 0 Å². The van der Waals surface area contributed by atoms with Crippen molar-refractivity contribution in [2.45, 2.75) is 38.5 Å². The van der Waals surface area contributed by atoms with E-state index in [0.29, 0.717) is 17.7 Å². The molecule has 0 spiro atoms. The van der Waals surface area contributed by atoms with Gasteiger partial charge in [-0.2, -0.15) is 0 Å². The van der Waals surface area contributed by atoms with E-state index in [1.54, 1.807) is 19.9 Å². The van der Waals surface area contributed by atoms with Crippen LogP contribution in [0, 0.1) is 5.41 Å². The molecular formula is C16H21NO4. The number of rotatable bonds is 5. The van der Waals surface area contributed by atoms with Crippen LogP contribution >= 0.6 is 0 Å². The highest BCUT2D eigenvalue weighted by Gasteiger charge is 2.43. The predicted molar refractivity (Wildman–Crippen MR) is 76.6 cm³/mol. The fourth-order valence-corrected chi connectivity index (χ4v) is 2.55. The lowest BCUT2D eigenvalue weighted by molar-refractivity contribution is -0.00488. The fraction of sp³-hybridized carbons (Fsp3) is 0.562. The number of fused-ring (bicyclic) bond motifs is 1. The average molecular weight is 291 g/mol. The molecule has 1 aromatic rings. The zero-order valence-electron chi connectivity index (χ0n) is 12.3. The summed E-state index contributed by atoms with van der Waals surface area (Å²) in [6.07, 6.45) is 1.47. The first-order chi connectivity index (χ1) is 9.85. The Labute approximate surface area is 123 Å². The second-order valence-electron chi connectivity index (χ2n) is 6.68. The number of carbonyl (C=O) groups excluding carboxylic acids is 1. The van der Waals surface area contributed by atoms with E-state index in [-0.39, 0.29) is 17.9 Å². The van der Waals surface area contributed by atoms with E-state index in [2.05, 4.69) is 5.32 Å². The summed E-state index contributed by atoms with van der Waals surface area (Å²) in [4.78, 5) is 12.0. The topological polar surface area (TPSA) is 78.8 Å². The van der Waals surface area contributed by atoms with Crippen molar-refractivity contribution in [3.63, 3.8) is 0 Å². The standard InChI is InChI=1S/C16H21NO4/c1-15(2,20)10-3-4-11-12(7-10)13(19)17-14(11)21-9-16(8-18)5-6-16/h3-4,7,14,18,20H,5-6,8-9H2,1-2H3,(H,17,19). The van der Waals surface area contributed by atoms with Crippen molar-refractivity contribution in [2.75, 3.05) is 13.2 Å². The molecule has 0 bridgehead atoms. The van der Waals surface area contributed by atoms with Crippen molar-refractivity contribution in [3.05, 3.63) is 34.9 Å². The number of carbonyl (C=O) groups is 1. The molecule has 0 saturated heterocycles. The maximum atomic E-state index is 12.0. The van der Waals surface area contributed by atoms with E-state index in [1.807, 2.05) is 12.1 Å². The zero-order valence-corrected chi connectivity index (χ0v) is 12.3. The quantitative estimate of drug-likeness (QED) is 0.767. The monoisotopic (exact) mass is 291 g/mol. The van der Waals surface area contributed by atoms with E-state index >= 15 is 0 Å². The largest absolute Gasteiger partial charge is 0.396 e. The maximum Gasteiger partial charge on any atom is 0.253 e. The molecule has 1 aromatic carbocycles. The van der Waals surface area contributed by atoms with Gasteiger partial charge in [0.2, 0.25) is 0 Å². The third-order valence-corrected chi connectivity index (χ3v) is 4.40. The van der Waals surface area contributed by atoms with Crippen molar-refractivity contribution in [1.82, 2.24) is 5.32 Å². The van der Waals surface area contributed by atoms with Gasteiger partial charge in [0.05, 0.1) is 18.8 Å². The summed E-state index contributed by atoms with van der Waals surface area (Å²) in [5.74, 6) is -0.185. The number of nitrogens with one attached hydrogen (secondary N) is 1. The van der Waals surface area contributed by atoms with Gasteiger partial charge in [-0.05, 0) is 38.3 Å². The zero-order chi connectivity index (χ0) is 15.3. The first-order valence-corrected chi connectivity index (χ1v) is 7.25. The van der Waals surface area contributed by atoms with Crippen LogP contribution in [0.15, 0.2) is 18.2 Å². The lowest BCUT2D eigenvalue weighted by atomic mass is 9.94. The molecule has 1 aliphatic heterocycles. The Kier molecular flexibility index (Phi) is 3.31. The molecule has 5 nitrogen and oxygen atoms in total. The molecular weight excluding hydrogens is 270 g/mol. The molecule has 114 valence electrons. The molecule has 1 saturated carbocycles. The molecule has 21 heavy (non-hydrogen) atoms. The van der Waals surface area contributed by atoms with E-state index in [4.69, 9.17) is 4.74 Å². The van der Waals surface area contributed by atoms with Crippen LogP contribution in [0.1, 0.15) is 54.4 Å². The average Bonchev–Trinajstić information content (AvgIpc) is 3.15. The van der Waals surface area contributed by atoms with Crippen molar-refractivity contribution in [1.29, 1.82) is 0 Å². The molecule has 1 atom stereocenters. The van der Waals surface area contributed by atoms with E-state index < -0.39 is 11.8 Å². The van der Waals surface area contributed by atoms with Gasteiger partial charge < -0.3 is 20.3 Å². The minimum Gasteiger partial charge on any atom is -0.396 e. The summed E-state index contributed by atoms with van der Waals surface area (Å²) in [7, 11) is 0. The molecule has 1 heterocycles. The highest BCUT2D eigenvalue weighted by Crippen LogP contribution is 2.46. The summed E-state index contributed by atoms with van der Waals surface area (Å²) in [6, 6.07) is 5.35. The third-order valence-electron chi connectivity index (χ3n) is 4.40. The van der Waals surface area contributed by atoms with Crippen LogP contribution < -0.4 is 5.32 Å². The summed E-state index contributed by atoms with van der Waals surface area (Å²) in [6.45, 7) is 3.95. The minimum absolute atomic E-state index is 0.111. The second kappa shape index (κ2) is 4.80. The van der Waals surface area contributed by atoms with Crippen LogP contribution in [0.5, 0.6) is 0 Å². The van der Waals surface area contributed by atoms with E-state index in [1.165, 1.54) is 0 Å². The first-order valence-electron chi connectivity index (χ1n) is 7.25. The summed E-state index contributed by atoms with van der Waals surface area (Å²) < 4.78 is 5.79. The minimum atomic E-state index is -0.983. The van der Waals surface area contributed by atoms with Crippen LogP contribution in [0.4, 0.5) is 0 Å². The van der Waals surface area contributed by atoms with E-state index in [9.17, 15) is 15.0 Å². The molecule has 1 aliphatic carbocycles. The first kappa shape index (κ1) is 14.5. The maximum absolute atomic E-state index is 12.0. The molecule has 3 rings (SSSR count). The summed E-state index contributed by atoms with van der Waals surface area (Å²) in [5.41, 5.74) is 0.949. The molecule has 5 heteroatoms. The summed E-state index contributed by atoms with van der Waals surface area (Å²) >= 11 is 0. The van der Waals surface area contributed by atoms with Crippen LogP contribution in [0.2, 0.25) is 0 Å². The van der Waals surface area contributed by atoms with Gasteiger partial charge in [0, 0.05) is 16.5 Å². The number of ether oxygens (including phenoxy) is 1. The number of hydrogen-bond acceptors (Lipinski definition) is 4. The molecule has 1 amide bonds. The van der Waals surface area contributed by atoms with Crippen LogP contribution in [-0.4, -0.2) is 29.3 Å². The van der Waals surface area contributed by atoms with Crippen molar-refractivity contribution < 1.29 is 19.7 Å². The van der Waals surface area contributed by atoms with Crippen molar-refractivity contribution in [3.8, 4) is 0 Å². The number of aliphatic hydroxyl groups excluding tert-OH is 1. The van der Waals surface area contributed by atoms with Gasteiger partial charge in [-0.1, -0.05) is 12.1 Å². The highest BCUT2D eigenvalue weighted by molar-refractivity contribution is 5.99. The van der Waals surface area contributed by atoms with E-state index in [0.717, 1.165) is 18.4 Å². The van der Waals surface area contributed by atoms with Gasteiger partial charge in [0.15, 0.2) is 6.23 Å². The third kappa shape index (κ3) is 2.69. The van der Waals surface area contributed by atoms with Gasteiger partial charge in [0.25, 0.3) is 5.91 Å². The Balaban J connectivity index is 1.79. The van der Waals surface area contributed by atoms with Crippen LogP contribution in [-0.2, 0) is 10.3 Å². The molecule has 2 aliphatic rings. The molecule has 0 aromatic heterocycles. The number of hydrogen-bond donors (Lipinski definition) is 3. The Hall–Kier alpha value is -1.43. The molecule has 1 fully saturated rings.